The fourth-order valence-electron chi connectivity index (χ4n) is 2.06. The number of ether oxygens (including phenoxy) is 1. The molecule has 0 radical (unpaired) electrons. The molecule has 7 heteroatoms. The van der Waals surface area contributed by atoms with E-state index in [4.69, 9.17) is 9.15 Å². The molecular weight excluding hydrogens is 308 g/mol. The van der Waals surface area contributed by atoms with Gasteiger partial charge in [-0.2, -0.15) is 10.2 Å². The number of hydrogen-bond donors (Lipinski definition) is 2. The van der Waals surface area contributed by atoms with Crippen molar-refractivity contribution in [3.8, 4) is 17.2 Å². The lowest BCUT2D eigenvalue weighted by molar-refractivity contribution is 0.0950. The molecule has 7 nitrogen and oxygen atoms in total. The Hall–Kier alpha value is -3.35. The number of aromatic amines is 1. The van der Waals surface area contributed by atoms with Gasteiger partial charge in [-0.1, -0.05) is 0 Å². The maximum Gasteiger partial charge on any atom is 0.291 e. The number of nitrogens with one attached hydrogen (secondary N) is 2. The van der Waals surface area contributed by atoms with Crippen LogP contribution in [0.2, 0.25) is 0 Å². The van der Waals surface area contributed by atoms with Crippen LogP contribution in [0.25, 0.3) is 11.5 Å². The second-order valence-electron chi connectivity index (χ2n) is 5.05. The molecule has 0 unspecified atom stereocenters. The first-order valence-electron chi connectivity index (χ1n) is 7.25. The molecular formula is C17H16N4O3. The van der Waals surface area contributed by atoms with E-state index in [1.165, 1.54) is 0 Å². The third-order valence-electron chi connectivity index (χ3n) is 3.31. The van der Waals surface area contributed by atoms with Crippen LogP contribution in [0, 0.1) is 6.92 Å². The summed E-state index contributed by atoms with van der Waals surface area (Å²) in [6.07, 6.45) is 1.54. The molecule has 0 saturated carbocycles. The van der Waals surface area contributed by atoms with Crippen molar-refractivity contribution in [3.05, 3.63) is 59.5 Å². The van der Waals surface area contributed by atoms with Crippen LogP contribution in [0.3, 0.4) is 0 Å². The highest BCUT2D eigenvalue weighted by Gasteiger charge is 2.12. The van der Waals surface area contributed by atoms with Crippen LogP contribution in [0.1, 0.15) is 21.8 Å². The average Bonchev–Trinajstić information content (AvgIpc) is 3.24. The van der Waals surface area contributed by atoms with E-state index in [-0.39, 0.29) is 5.69 Å². The summed E-state index contributed by atoms with van der Waals surface area (Å²) in [7, 11) is 1.60. The SMILES string of the molecule is COc1ccc(/C=N\NC(=O)c2cc(-c3ccc(C)o3)[nH]n2)cc1. The smallest absolute Gasteiger partial charge is 0.291 e. The van der Waals surface area contributed by atoms with Crippen LogP contribution in [-0.2, 0) is 0 Å². The molecule has 2 N–H and O–H groups in total. The van der Waals surface area contributed by atoms with E-state index < -0.39 is 5.91 Å². The molecule has 0 saturated heterocycles. The van der Waals surface area contributed by atoms with Crippen molar-refractivity contribution in [2.75, 3.05) is 7.11 Å². The first kappa shape index (κ1) is 15.5. The number of carbonyl (C=O) groups is 1. The highest BCUT2D eigenvalue weighted by molar-refractivity contribution is 5.94. The number of hydrogen-bond acceptors (Lipinski definition) is 5. The fourth-order valence-corrected chi connectivity index (χ4v) is 2.06. The molecule has 24 heavy (non-hydrogen) atoms. The van der Waals surface area contributed by atoms with Gasteiger partial charge in [0.1, 0.15) is 17.2 Å². The number of benzene rings is 1. The topological polar surface area (TPSA) is 92.5 Å². The fraction of sp³-hybridized carbons (Fsp3) is 0.118. The molecule has 0 spiro atoms. The van der Waals surface area contributed by atoms with E-state index in [1.807, 2.05) is 43.3 Å². The molecule has 122 valence electrons. The molecule has 3 rings (SSSR count). The lowest BCUT2D eigenvalue weighted by atomic mass is 10.2. The lowest BCUT2D eigenvalue weighted by Gasteiger charge is -1.99. The van der Waals surface area contributed by atoms with Crippen LogP contribution in [0.15, 0.2) is 52.0 Å². The minimum absolute atomic E-state index is 0.228. The van der Waals surface area contributed by atoms with E-state index in [1.54, 1.807) is 19.4 Å². The summed E-state index contributed by atoms with van der Waals surface area (Å²) in [5.74, 6) is 1.76. The van der Waals surface area contributed by atoms with Crippen molar-refractivity contribution >= 4 is 12.1 Å². The summed E-state index contributed by atoms with van der Waals surface area (Å²) >= 11 is 0. The molecule has 0 bridgehead atoms. The minimum atomic E-state index is -0.412. The van der Waals surface area contributed by atoms with E-state index >= 15 is 0 Å². The monoisotopic (exact) mass is 324 g/mol. The lowest BCUT2D eigenvalue weighted by Crippen LogP contribution is -2.17. The van der Waals surface area contributed by atoms with Gasteiger partial charge < -0.3 is 9.15 Å². The number of hydrazone groups is 1. The summed E-state index contributed by atoms with van der Waals surface area (Å²) in [6, 6.07) is 12.6. The van der Waals surface area contributed by atoms with Crippen LogP contribution in [0.5, 0.6) is 5.75 Å². The van der Waals surface area contributed by atoms with Gasteiger partial charge in [0, 0.05) is 6.07 Å². The van der Waals surface area contributed by atoms with Crippen LogP contribution < -0.4 is 10.2 Å². The van der Waals surface area contributed by atoms with Crippen molar-refractivity contribution < 1.29 is 13.9 Å². The summed E-state index contributed by atoms with van der Waals surface area (Å²) in [4.78, 5) is 12.0. The summed E-state index contributed by atoms with van der Waals surface area (Å²) in [5.41, 5.74) is 4.13. The van der Waals surface area contributed by atoms with Gasteiger partial charge >= 0.3 is 0 Å². The number of nitrogens with zero attached hydrogens (tertiary/aromatic N) is 2. The Bertz CT molecular complexity index is 862. The third-order valence-corrected chi connectivity index (χ3v) is 3.31. The third kappa shape index (κ3) is 3.52. The number of carbonyl (C=O) groups excluding carboxylic acids is 1. The molecule has 2 heterocycles. The molecule has 0 aliphatic rings. The van der Waals surface area contributed by atoms with Crippen molar-refractivity contribution in [3.63, 3.8) is 0 Å². The van der Waals surface area contributed by atoms with Gasteiger partial charge in [0.2, 0.25) is 0 Å². The Morgan fingerprint density at radius 2 is 2.08 bits per heavy atom. The zero-order valence-electron chi connectivity index (χ0n) is 13.2. The first-order valence-corrected chi connectivity index (χ1v) is 7.25. The van der Waals surface area contributed by atoms with E-state index in [0.29, 0.717) is 11.5 Å². The van der Waals surface area contributed by atoms with Crippen molar-refractivity contribution in [1.82, 2.24) is 15.6 Å². The predicted octanol–water partition coefficient (Wildman–Crippen LogP) is 2.75. The Morgan fingerprint density at radius 3 is 2.75 bits per heavy atom. The number of amides is 1. The van der Waals surface area contributed by atoms with Crippen LogP contribution >= 0.6 is 0 Å². The van der Waals surface area contributed by atoms with Crippen LogP contribution in [-0.4, -0.2) is 29.4 Å². The number of aromatic nitrogens is 2. The summed E-state index contributed by atoms with van der Waals surface area (Å²) in [6.45, 7) is 1.85. The zero-order valence-corrected chi connectivity index (χ0v) is 13.2. The number of methoxy groups -OCH3 is 1. The number of furan rings is 1. The van der Waals surface area contributed by atoms with Gasteiger partial charge in [-0.25, -0.2) is 5.43 Å². The van der Waals surface area contributed by atoms with Crippen molar-refractivity contribution in [2.45, 2.75) is 6.92 Å². The molecule has 1 amide bonds. The Balaban J connectivity index is 1.62. The second kappa shape index (κ2) is 6.82. The zero-order chi connectivity index (χ0) is 16.9. The largest absolute Gasteiger partial charge is 0.497 e. The van der Waals surface area contributed by atoms with E-state index in [0.717, 1.165) is 17.1 Å². The van der Waals surface area contributed by atoms with Gasteiger partial charge in [0.15, 0.2) is 11.5 Å². The minimum Gasteiger partial charge on any atom is -0.497 e. The molecule has 3 aromatic rings. The highest BCUT2D eigenvalue weighted by Crippen LogP contribution is 2.20. The van der Waals surface area contributed by atoms with Gasteiger partial charge in [0.25, 0.3) is 5.91 Å². The molecule has 0 atom stereocenters. The molecule has 1 aromatic carbocycles. The maximum atomic E-state index is 12.0. The van der Waals surface area contributed by atoms with E-state index in [9.17, 15) is 4.79 Å². The summed E-state index contributed by atoms with van der Waals surface area (Å²) in [5, 5.41) is 10.6. The van der Waals surface area contributed by atoms with Gasteiger partial charge in [-0.3, -0.25) is 9.89 Å². The van der Waals surface area contributed by atoms with Gasteiger partial charge in [-0.05, 0) is 48.9 Å². The van der Waals surface area contributed by atoms with Gasteiger partial charge in [0.05, 0.1) is 13.3 Å². The Morgan fingerprint density at radius 1 is 1.29 bits per heavy atom. The molecule has 0 fully saturated rings. The van der Waals surface area contributed by atoms with E-state index in [2.05, 4.69) is 20.7 Å². The first-order chi connectivity index (χ1) is 11.7. The van der Waals surface area contributed by atoms with Crippen LogP contribution in [0.4, 0.5) is 0 Å². The average molecular weight is 324 g/mol. The van der Waals surface area contributed by atoms with Crippen molar-refractivity contribution in [2.24, 2.45) is 5.10 Å². The van der Waals surface area contributed by atoms with Crippen molar-refractivity contribution in [1.29, 1.82) is 0 Å². The van der Waals surface area contributed by atoms with Gasteiger partial charge in [-0.15, -0.1) is 0 Å². The number of rotatable bonds is 5. The standard InChI is InChI=1S/C17H16N4O3/c1-11-3-8-16(24-11)14-9-15(20-19-14)17(22)21-18-10-12-4-6-13(23-2)7-5-12/h3-10H,1-2H3,(H,19,20)(H,21,22)/b18-10-. The quantitative estimate of drug-likeness (QED) is 0.557. The molecule has 0 aliphatic carbocycles. The molecule has 0 aliphatic heterocycles. The predicted molar refractivity (Wildman–Crippen MR) is 89.1 cm³/mol. The number of H-pyrrole nitrogens is 1. The maximum absolute atomic E-state index is 12.0. The normalized spacial score (nSPS) is 10.9. The molecule has 2 aromatic heterocycles. The highest BCUT2D eigenvalue weighted by atomic mass is 16.5. The second-order valence-corrected chi connectivity index (χ2v) is 5.05. The Kier molecular flexibility index (Phi) is 4.42. The summed E-state index contributed by atoms with van der Waals surface area (Å²) < 4.78 is 10.6. The number of aryl methyl sites for hydroxylation is 1. The Labute approximate surface area is 138 Å².